The molecule has 0 aliphatic heterocycles. The molecule has 1 nitrogen and oxygen atoms in total. The van der Waals surface area contributed by atoms with E-state index in [1.54, 1.807) is 0 Å². The number of hydrogen-bond acceptors (Lipinski definition) is 1. The predicted molar refractivity (Wildman–Crippen MR) is 66.7 cm³/mol. The van der Waals surface area contributed by atoms with Crippen molar-refractivity contribution in [3.8, 4) is 0 Å². The van der Waals surface area contributed by atoms with Gasteiger partial charge in [-0.3, -0.25) is 0 Å². The Morgan fingerprint density at radius 3 is 2.47 bits per heavy atom. The Bertz CT molecular complexity index is 291. The van der Waals surface area contributed by atoms with Crippen LogP contribution in [-0.2, 0) is 6.42 Å². The van der Waals surface area contributed by atoms with E-state index in [1.807, 2.05) is 6.07 Å². The highest BCUT2D eigenvalue weighted by Gasteiger charge is 2.23. The molecular weight excluding hydrogens is 182 g/mol. The quantitative estimate of drug-likeness (QED) is 0.706. The van der Waals surface area contributed by atoms with Gasteiger partial charge in [0.05, 0.1) is 0 Å². The Balaban J connectivity index is 2.78. The molecule has 1 rings (SSSR count). The van der Waals surface area contributed by atoms with Crippen molar-refractivity contribution < 1.29 is 0 Å². The van der Waals surface area contributed by atoms with Crippen molar-refractivity contribution in [2.24, 2.45) is 11.1 Å². The van der Waals surface area contributed by atoms with E-state index < -0.39 is 0 Å². The molecule has 0 heterocycles. The molecule has 1 aromatic carbocycles. The van der Waals surface area contributed by atoms with Gasteiger partial charge in [0.15, 0.2) is 0 Å². The van der Waals surface area contributed by atoms with Crippen LogP contribution in [0.2, 0.25) is 0 Å². The summed E-state index contributed by atoms with van der Waals surface area (Å²) in [4.78, 5) is 0. The van der Waals surface area contributed by atoms with Gasteiger partial charge in [0.25, 0.3) is 0 Å². The molecule has 1 atom stereocenters. The van der Waals surface area contributed by atoms with Crippen LogP contribution in [0.3, 0.4) is 0 Å². The Labute approximate surface area is 93.0 Å². The lowest BCUT2D eigenvalue weighted by Crippen LogP contribution is -2.23. The van der Waals surface area contributed by atoms with Gasteiger partial charge in [-0.25, -0.2) is 0 Å². The van der Waals surface area contributed by atoms with E-state index in [4.69, 9.17) is 5.73 Å². The Morgan fingerprint density at radius 1 is 1.33 bits per heavy atom. The van der Waals surface area contributed by atoms with Crippen LogP contribution >= 0.6 is 0 Å². The molecule has 0 fully saturated rings. The summed E-state index contributed by atoms with van der Waals surface area (Å²) in [6.45, 7) is 6.90. The van der Waals surface area contributed by atoms with Gasteiger partial charge in [0.2, 0.25) is 0 Å². The lowest BCUT2D eigenvalue weighted by atomic mass is 9.76. The normalized spacial score (nSPS) is 14.5. The molecule has 1 unspecified atom stereocenters. The topological polar surface area (TPSA) is 26.0 Å². The van der Waals surface area contributed by atoms with E-state index in [1.165, 1.54) is 5.56 Å². The van der Waals surface area contributed by atoms with Gasteiger partial charge in [-0.2, -0.15) is 0 Å². The van der Waals surface area contributed by atoms with Crippen molar-refractivity contribution in [2.75, 3.05) is 6.54 Å². The molecule has 0 saturated carbocycles. The predicted octanol–water partition coefficient (Wildman–Crippen LogP) is 3.16. The molecule has 2 N–H and O–H groups in total. The SMILES string of the molecule is C=CC(CC)(CCN)Cc1ccccc1. The van der Waals surface area contributed by atoms with Gasteiger partial charge in [-0.15, -0.1) is 6.58 Å². The minimum atomic E-state index is 0.177. The summed E-state index contributed by atoms with van der Waals surface area (Å²) in [7, 11) is 0. The Kier molecular flexibility index (Phi) is 4.57. The zero-order valence-electron chi connectivity index (χ0n) is 9.58. The second-order valence-electron chi connectivity index (χ2n) is 4.12. The zero-order chi connectivity index (χ0) is 11.1. The van der Waals surface area contributed by atoms with Crippen molar-refractivity contribution in [3.05, 3.63) is 48.6 Å². The van der Waals surface area contributed by atoms with E-state index in [9.17, 15) is 0 Å². The van der Waals surface area contributed by atoms with E-state index in [-0.39, 0.29) is 5.41 Å². The van der Waals surface area contributed by atoms with Crippen molar-refractivity contribution >= 4 is 0 Å². The van der Waals surface area contributed by atoms with Crippen molar-refractivity contribution in [1.82, 2.24) is 0 Å². The molecule has 0 spiro atoms. The highest BCUT2D eigenvalue weighted by molar-refractivity contribution is 5.18. The van der Waals surface area contributed by atoms with Crippen LogP contribution in [0.4, 0.5) is 0 Å². The fourth-order valence-electron chi connectivity index (χ4n) is 2.00. The first-order valence-electron chi connectivity index (χ1n) is 5.64. The van der Waals surface area contributed by atoms with Crippen LogP contribution in [0.5, 0.6) is 0 Å². The molecule has 1 aromatic rings. The fourth-order valence-corrected chi connectivity index (χ4v) is 2.00. The maximum Gasteiger partial charge on any atom is -0.00689 e. The third-order valence-corrected chi connectivity index (χ3v) is 3.18. The number of allylic oxidation sites excluding steroid dienone is 1. The molecular formula is C14H21N. The number of rotatable bonds is 6. The van der Waals surface area contributed by atoms with E-state index in [2.05, 4.69) is 43.8 Å². The van der Waals surface area contributed by atoms with Crippen molar-refractivity contribution in [1.29, 1.82) is 0 Å². The van der Waals surface area contributed by atoms with Crippen molar-refractivity contribution in [3.63, 3.8) is 0 Å². The summed E-state index contributed by atoms with van der Waals surface area (Å²) >= 11 is 0. The summed E-state index contributed by atoms with van der Waals surface area (Å²) in [6.07, 6.45) is 5.24. The molecule has 0 bridgehead atoms. The first-order valence-corrected chi connectivity index (χ1v) is 5.64. The maximum absolute atomic E-state index is 5.67. The van der Waals surface area contributed by atoms with Crippen LogP contribution < -0.4 is 5.73 Å². The largest absolute Gasteiger partial charge is 0.330 e. The van der Waals surface area contributed by atoms with Crippen LogP contribution in [-0.4, -0.2) is 6.54 Å². The molecule has 0 aliphatic rings. The molecule has 15 heavy (non-hydrogen) atoms. The highest BCUT2D eigenvalue weighted by Crippen LogP contribution is 2.31. The second kappa shape index (κ2) is 5.72. The molecule has 82 valence electrons. The maximum atomic E-state index is 5.67. The molecule has 0 amide bonds. The number of benzene rings is 1. The Morgan fingerprint density at radius 2 is 2.00 bits per heavy atom. The summed E-state index contributed by atoms with van der Waals surface area (Å²) < 4.78 is 0. The number of hydrogen-bond donors (Lipinski definition) is 1. The van der Waals surface area contributed by atoms with Crippen LogP contribution in [0.1, 0.15) is 25.3 Å². The van der Waals surface area contributed by atoms with Gasteiger partial charge >= 0.3 is 0 Å². The number of nitrogens with two attached hydrogens (primary N) is 1. The van der Waals surface area contributed by atoms with E-state index in [0.29, 0.717) is 0 Å². The summed E-state index contributed by atoms with van der Waals surface area (Å²) in [6, 6.07) is 10.6. The Hall–Kier alpha value is -1.08. The molecule has 1 heteroatoms. The van der Waals surface area contributed by atoms with E-state index >= 15 is 0 Å². The minimum absolute atomic E-state index is 0.177. The van der Waals surface area contributed by atoms with E-state index in [0.717, 1.165) is 25.8 Å². The smallest absolute Gasteiger partial charge is 0.00689 e. The lowest BCUT2D eigenvalue weighted by Gasteiger charge is -2.29. The van der Waals surface area contributed by atoms with Crippen LogP contribution in [0.15, 0.2) is 43.0 Å². The molecule has 0 aromatic heterocycles. The van der Waals surface area contributed by atoms with Gasteiger partial charge in [0.1, 0.15) is 0 Å². The minimum Gasteiger partial charge on any atom is -0.330 e. The third kappa shape index (κ3) is 3.21. The molecule has 0 saturated heterocycles. The average Bonchev–Trinajstić information content (AvgIpc) is 2.30. The highest BCUT2D eigenvalue weighted by atomic mass is 14.5. The third-order valence-electron chi connectivity index (χ3n) is 3.18. The van der Waals surface area contributed by atoms with Gasteiger partial charge < -0.3 is 5.73 Å². The molecule has 0 aliphatic carbocycles. The lowest BCUT2D eigenvalue weighted by molar-refractivity contribution is 0.341. The van der Waals surface area contributed by atoms with Gasteiger partial charge in [0, 0.05) is 0 Å². The van der Waals surface area contributed by atoms with Crippen molar-refractivity contribution in [2.45, 2.75) is 26.2 Å². The van der Waals surface area contributed by atoms with Gasteiger partial charge in [-0.1, -0.05) is 43.3 Å². The first kappa shape index (κ1) is 12.0. The standard InChI is InChI=1S/C14H21N/c1-3-14(4-2,10-11-15)12-13-8-6-5-7-9-13/h3,5-9H,1,4,10-12,15H2,2H3. The molecule has 0 radical (unpaired) electrons. The van der Waals surface area contributed by atoms with Crippen LogP contribution in [0, 0.1) is 5.41 Å². The second-order valence-corrected chi connectivity index (χ2v) is 4.12. The summed E-state index contributed by atoms with van der Waals surface area (Å²) in [5.74, 6) is 0. The first-order chi connectivity index (χ1) is 7.26. The zero-order valence-corrected chi connectivity index (χ0v) is 9.58. The fraction of sp³-hybridized carbons (Fsp3) is 0.429. The van der Waals surface area contributed by atoms with Crippen LogP contribution in [0.25, 0.3) is 0 Å². The van der Waals surface area contributed by atoms with Gasteiger partial charge in [-0.05, 0) is 36.8 Å². The average molecular weight is 203 g/mol. The monoisotopic (exact) mass is 203 g/mol. The summed E-state index contributed by atoms with van der Waals surface area (Å²) in [5.41, 5.74) is 7.22. The summed E-state index contributed by atoms with van der Waals surface area (Å²) in [5, 5.41) is 0.